The molecule has 0 aliphatic rings. The predicted octanol–water partition coefficient (Wildman–Crippen LogP) is 0.0340. The fourth-order valence-corrected chi connectivity index (χ4v) is 2.28. The van der Waals surface area contributed by atoms with Crippen molar-refractivity contribution in [3.05, 3.63) is 29.8 Å². The lowest BCUT2D eigenvalue weighted by Gasteiger charge is -2.22. The van der Waals surface area contributed by atoms with Crippen molar-refractivity contribution >= 4 is 23.5 Å². The van der Waals surface area contributed by atoms with Gasteiger partial charge < -0.3 is 32.5 Å². The average Bonchev–Trinajstić information content (AvgIpc) is 2.63. The second kappa shape index (κ2) is 11.1. The number of aliphatic hydroxyl groups is 1. The molecule has 0 aliphatic carbocycles. The monoisotopic (exact) mass is 379 g/mol. The molecule has 2 atom stereocenters. The van der Waals surface area contributed by atoms with E-state index in [0.717, 1.165) is 5.56 Å². The van der Waals surface area contributed by atoms with Gasteiger partial charge in [0.1, 0.15) is 6.04 Å². The minimum atomic E-state index is -0.811. The summed E-state index contributed by atoms with van der Waals surface area (Å²) >= 11 is 0. The summed E-state index contributed by atoms with van der Waals surface area (Å²) in [5.41, 5.74) is 12.1. The summed E-state index contributed by atoms with van der Waals surface area (Å²) in [4.78, 5) is 35.6. The molecule has 1 aromatic rings. The molecule has 0 aromatic heterocycles. The molecule has 0 bridgehead atoms. The second-order valence-corrected chi connectivity index (χ2v) is 6.61. The molecule has 0 spiro atoms. The third-order valence-corrected chi connectivity index (χ3v) is 4.03. The number of anilines is 1. The molecule has 1 unspecified atom stereocenters. The maximum Gasteiger partial charge on any atom is 0.312 e. The summed E-state index contributed by atoms with van der Waals surface area (Å²) in [5.74, 6) is -0.880. The summed E-state index contributed by atoms with van der Waals surface area (Å²) in [6.07, 6.45) is 0.749. The topological polar surface area (TPSA) is 160 Å². The van der Waals surface area contributed by atoms with E-state index >= 15 is 0 Å². The number of amides is 4. The van der Waals surface area contributed by atoms with Crippen molar-refractivity contribution in [2.45, 2.75) is 45.4 Å². The lowest BCUT2D eigenvalue weighted by Crippen LogP contribution is -2.51. The van der Waals surface area contributed by atoms with Crippen molar-refractivity contribution in [3.63, 3.8) is 0 Å². The molecule has 9 nitrogen and oxygen atoms in total. The van der Waals surface area contributed by atoms with Gasteiger partial charge in [0.25, 0.3) is 0 Å². The highest BCUT2D eigenvalue weighted by Crippen LogP contribution is 2.11. The first-order chi connectivity index (χ1) is 12.7. The third-order valence-electron chi connectivity index (χ3n) is 4.03. The summed E-state index contributed by atoms with van der Waals surface area (Å²) < 4.78 is 0. The normalized spacial score (nSPS) is 12.9. The van der Waals surface area contributed by atoms with E-state index in [1.807, 2.05) is 13.8 Å². The number of primary amides is 1. The molecule has 1 aromatic carbocycles. The number of carbonyl (C=O) groups excluding carboxylic acids is 3. The molecule has 4 amide bonds. The van der Waals surface area contributed by atoms with Crippen LogP contribution in [0.4, 0.5) is 10.5 Å². The van der Waals surface area contributed by atoms with Gasteiger partial charge in [-0.2, -0.15) is 0 Å². The number of rotatable bonds is 10. The molecular weight excluding hydrogens is 350 g/mol. The van der Waals surface area contributed by atoms with Gasteiger partial charge in [-0.05, 0) is 36.5 Å². The Balaban J connectivity index is 2.75. The number of nitrogens with two attached hydrogens (primary N) is 2. The van der Waals surface area contributed by atoms with E-state index in [9.17, 15) is 14.4 Å². The lowest BCUT2D eigenvalue weighted by molar-refractivity contribution is -0.128. The number of hydrogen-bond acceptors (Lipinski definition) is 5. The maximum absolute atomic E-state index is 12.6. The number of urea groups is 1. The van der Waals surface area contributed by atoms with E-state index in [4.69, 9.17) is 16.6 Å². The summed E-state index contributed by atoms with van der Waals surface area (Å²) in [7, 11) is 0. The second-order valence-electron chi connectivity index (χ2n) is 6.61. The van der Waals surface area contributed by atoms with E-state index in [0.29, 0.717) is 18.5 Å². The van der Waals surface area contributed by atoms with Gasteiger partial charge >= 0.3 is 6.03 Å². The van der Waals surface area contributed by atoms with Crippen molar-refractivity contribution in [1.29, 1.82) is 0 Å². The van der Waals surface area contributed by atoms with Gasteiger partial charge in [-0.15, -0.1) is 0 Å². The highest BCUT2D eigenvalue weighted by molar-refractivity contribution is 5.97. The Hall–Kier alpha value is -2.65. The number of benzene rings is 1. The molecule has 0 radical (unpaired) electrons. The van der Waals surface area contributed by atoms with Crippen molar-refractivity contribution < 1.29 is 19.5 Å². The van der Waals surface area contributed by atoms with Crippen LogP contribution in [0.5, 0.6) is 0 Å². The van der Waals surface area contributed by atoms with Crippen LogP contribution in [-0.2, 0) is 16.2 Å². The highest BCUT2D eigenvalue weighted by Gasteiger charge is 2.25. The zero-order valence-corrected chi connectivity index (χ0v) is 15.7. The van der Waals surface area contributed by atoms with Gasteiger partial charge in [0, 0.05) is 12.2 Å². The van der Waals surface area contributed by atoms with Crippen LogP contribution in [0.3, 0.4) is 0 Å². The van der Waals surface area contributed by atoms with Crippen LogP contribution in [0, 0.1) is 5.92 Å². The Morgan fingerprint density at radius 2 is 1.74 bits per heavy atom. The molecule has 150 valence electrons. The molecule has 0 saturated heterocycles. The van der Waals surface area contributed by atoms with Crippen molar-refractivity contribution in [2.24, 2.45) is 17.4 Å². The Bertz CT molecular complexity index is 633. The van der Waals surface area contributed by atoms with Crippen molar-refractivity contribution in [1.82, 2.24) is 10.6 Å². The largest absolute Gasteiger partial charge is 0.392 e. The fraction of sp³-hybridized carbons (Fsp3) is 0.500. The zero-order chi connectivity index (χ0) is 20.4. The standard InChI is InChI=1S/C18H29N5O4/c1-11(2)15(19)17(26)23-14(4-3-9-21-18(20)27)16(25)22-13-7-5-12(10-24)6-8-13/h5-8,11,14-15,24H,3-4,9-10,19H2,1-2H3,(H,22,25)(H,23,26)(H3,20,21,27)/t14?,15-/m1/s1. The molecule has 8 N–H and O–H groups in total. The maximum atomic E-state index is 12.6. The lowest BCUT2D eigenvalue weighted by atomic mass is 10.0. The van der Waals surface area contributed by atoms with Gasteiger partial charge in [-0.1, -0.05) is 26.0 Å². The van der Waals surface area contributed by atoms with Gasteiger partial charge in [0.05, 0.1) is 12.6 Å². The van der Waals surface area contributed by atoms with Crippen LogP contribution >= 0.6 is 0 Å². The quantitative estimate of drug-likeness (QED) is 0.316. The van der Waals surface area contributed by atoms with Crippen LogP contribution in [0.15, 0.2) is 24.3 Å². The first kappa shape index (κ1) is 22.4. The van der Waals surface area contributed by atoms with Gasteiger partial charge in [0.15, 0.2) is 0 Å². The number of aliphatic hydroxyl groups excluding tert-OH is 1. The summed E-state index contributed by atoms with van der Waals surface area (Å²) in [6, 6.07) is 4.52. The average molecular weight is 379 g/mol. The Morgan fingerprint density at radius 3 is 2.26 bits per heavy atom. The summed E-state index contributed by atoms with van der Waals surface area (Å²) in [5, 5.41) is 16.9. The minimum Gasteiger partial charge on any atom is -0.392 e. The van der Waals surface area contributed by atoms with E-state index in [1.165, 1.54) is 0 Å². The Kier molecular flexibility index (Phi) is 9.24. The fourth-order valence-electron chi connectivity index (χ4n) is 2.28. The van der Waals surface area contributed by atoms with Crippen LogP contribution in [0.1, 0.15) is 32.3 Å². The van der Waals surface area contributed by atoms with Crippen molar-refractivity contribution in [2.75, 3.05) is 11.9 Å². The first-order valence-corrected chi connectivity index (χ1v) is 8.84. The molecule has 0 aliphatic heterocycles. The number of nitrogens with one attached hydrogen (secondary N) is 3. The van der Waals surface area contributed by atoms with E-state index in [-0.39, 0.29) is 19.1 Å². The summed E-state index contributed by atoms with van der Waals surface area (Å²) in [6.45, 7) is 3.83. The molecule has 9 heteroatoms. The van der Waals surface area contributed by atoms with Crippen LogP contribution < -0.4 is 27.4 Å². The van der Waals surface area contributed by atoms with E-state index in [1.54, 1.807) is 24.3 Å². The van der Waals surface area contributed by atoms with Gasteiger partial charge in [-0.3, -0.25) is 9.59 Å². The smallest absolute Gasteiger partial charge is 0.312 e. The molecular formula is C18H29N5O4. The van der Waals surface area contributed by atoms with Crippen LogP contribution in [-0.4, -0.2) is 41.6 Å². The SMILES string of the molecule is CC(C)[C@@H](N)C(=O)NC(CCCNC(N)=O)C(=O)Nc1ccc(CO)cc1. The van der Waals surface area contributed by atoms with Gasteiger partial charge in [0.2, 0.25) is 11.8 Å². The van der Waals surface area contributed by atoms with Crippen LogP contribution in [0.25, 0.3) is 0 Å². The number of carbonyl (C=O) groups is 3. The minimum absolute atomic E-state index is 0.0729. The van der Waals surface area contributed by atoms with Gasteiger partial charge in [-0.25, -0.2) is 4.79 Å². The molecule has 0 saturated carbocycles. The molecule has 0 fully saturated rings. The van der Waals surface area contributed by atoms with E-state index < -0.39 is 29.9 Å². The predicted molar refractivity (Wildman–Crippen MR) is 103 cm³/mol. The van der Waals surface area contributed by atoms with Crippen molar-refractivity contribution in [3.8, 4) is 0 Å². The zero-order valence-electron chi connectivity index (χ0n) is 15.7. The van der Waals surface area contributed by atoms with E-state index in [2.05, 4.69) is 16.0 Å². The van der Waals surface area contributed by atoms with Crippen LogP contribution in [0.2, 0.25) is 0 Å². The first-order valence-electron chi connectivity index (χ1n) is 8.84. The molecule has 0 heterocycles. The Labute approximate surface area is 158 Å². The molecule has 1 rings (SSSR count). The third kappa shape index (κ3) is 8.06. The Morgan fingerprint density at radius 1 is 1.11 bits per heavy atom. The highest BCUT2D eigenvalue weighted by atomic mass is 16.3. The molecule has 27 heavy (non-hydrogen) atoms. The number of hydrogen-bond donors (Lipinski definition) is 6.